The third-order valence-electron chi connectivity index (χ3n) is 4.34. The van der Waals surface area contributed by atoms with E-state index in [1.165, 1.54) is 23.9 Å². The molecular weight excluding hydrogens is 458 g/mol. The molecule has 0 fully saturated rings. The number of non-ortho nitro benzene ring substituents is 1. The van der Waals surface area contributed by atoms with Crippen molar-refractivity contribution in [3.05, 3.63) is 62.1 Å². The number of hydrogen-bond acceptors (Lipinski definition) is 6. The Labute approximate surface area is 180 Å². The average molecular weight is 476 g/mol. The molecule has 10 heteroatoms. The maximum absolute atomic E-state index is 12.4. The zero-order valence-electron chi connectivity index (χ0n) is 16.0. The Morgan fingerprint density at radius 3 is 2.69 bits per heavy atom. The van der Waals surface area contributed by atoms with E-state index >= 15 is 0 Å². The van der Waals surface area contributed by atoms with Crippen LogP contribution in [-0.2, 0) is 11.8 Å². The second-order valence-corrected chi connectivity index (χ2v) is 8.22. The molecule has 29 heavy (non-hydrogen) atoms. The maximum atomic E-state index is 12.4. The Bertz CT molecular complexity index is 1100. The van der Waals surface area contributed by atoms with Gasteiger partial charge in [0.15, 0.2) is 11.0 Å². The van der Waals surface area contributed by atoms with E-state index in [2.05, 4.69) is 31.4 Å². The fourth-order valence-corrected chi connectivity index (χ4v) is 3.91. The minimum Gasteiger partial charge on any atom is -0.324 e. The summed E-state index contributed by atoms with van der Waals surface area (Å²) in [4.78, 5) is 22.9. The summed E-state index contributed by atoms with van der Waals surface area (Å²) >= 11 is 4.71. The second-order valence-electron chi connectivity index (χ2n) is 6.43. The Balaban J connectivity index is 1.69. The Morgan fingerprint density at radius 1 is 1.24 bits per heavy atom. The number of aromatic nitrogens is 3. The summed E-state index contributed by atoms with van der Waals surface area (Å²) in [6.07, 6.45) is 0. The number of carbonyl (C=O) groups is 1. The molecule has 2 aromatic carbocycles. The van der Waals surface area contributed by atoms with Gasteiger partial charge in [0.05, 0.1) is 16.4 Å². The van der Waals surface area contributed by atoms with Crippen LogP contribution in [0.15, 0.2) is 46.0 Å². The lowest BCUT2D eigenvalue weighted by Crippen LogP contribution is -2.15. The molecule has 0 saturated carbocycles. The van der Waals surface area contributed by atoms with E-state index in [0.29, 0.717) is 22.2 Å². The van der Waals surface area contributed by atoms with Gasteiger partial charge in [-0.05, 0) is 53.0 Å². The van der Waals surface area contributed by atoms with Crippen LogP contribution < -0.4 is 5.32 Å². The molecule has 8 nitrogen and oxygen atoms in total. The molecule has 0 aliphatic heterocycles. The highest BCUT2D eigenvalue weighted by atomic mass is 79.9. The van der Waals surface area contributed by atoms with Crippen molar-refractivity contribution in [2.75, 3.05) is 11.1 Å². The number of aryl methyl sites for hydroxylation is 2. The lowest BCUT2D eigenvalue weighted by Gasteiger charge is -2.10. The van der Waals surface area contributed by atoms with Crippen molar-refractivity contribution in [3.8, 4) is 11.4 Å². The number of amides is 1. The predicted molar refractivity (Wildman–Crippen MR) is 116 cm³/mol. The van der Waals surface area contributed by atoms with Gasteiger partial charge >= 0.3 is 0 Å². The first-order valence-electron chi connectivity index (χ1n) is 8.60. The van der Waals surface area contributed by atoms with Crippen molar-refractivity contribution in [1.29, 1.82) is 0 Å². The third-order valence-corrected chi connectivity index (χ3v) is 6.02. The standard InChI is InChI=1S/C19H18BrN5O3S/c1-11-7-15(20)16(8-12(11)2)21-17(26)10-29-19-23-22-18(24(19)3)13-5-4-6-14(9-13)25(27)28/h4-9H,10H2,1-3H3,(H,21,26). The SMILES string of the molecule is Cc1cc(Br)c(NC(=O)CSc2nnc(-c3cccc([N+](=O)[O-])c3)n2C)cc1C. The molecule has 3 rings (SSSR count). The summed E-state index contributed by atoms with van der Waals surface area (Å²) in [5.74, 6) is 0.479. The molecular formula is C19H18BrN5O3S. The van der Waals surface area contributed by atoms with Crippen molar-refractivity contribution in [2.24, 2.45) is 7.05 Å². The Morgan fingerprint density at radius 2 is 1.97 bits per heavy atom. The van der Waals surface area contributed by atoms with Crippen LogP contribution in [0.1, 0.15) is 11.1 Å². The Hall–Kier alpha value is -2.72. The average Bonchev–Trinajstić information content (AvgIpc) is 3.05. The summed E-state index contributed by atoms with van der Waals surface area (Å²) in [5.41, 5.74) is 3.51. The largest absolute Gasteiger partial charge is 0.324 e. The van der Waals surface area contributed by atoms with Gasteiger partial charge in [0.2, 0.25) is 5.91 Å². The number of hydrogen-bond donors (Lipinski definition) is 1. The van der Waals surface area contributed by atoms with Crippen LogP contribution in [0.5, 0.6) is 0 Å². The lowest BCUT2D eigenvalue weighted by molar-refractivity contribution is -0.384. The van der Waals surface area contributed by atoms with Crippen molar-refractivity contribution in [3.63, 3.8) is 0 Å². The van der Waals surface area contributed by atoms with E-state index in [1.807, 2.05) is 26.0 Å². The highest BCUT2D eigenvalue weighted by Gasteiger charge is 2.16. The van der Waals surface area contributed by atoms with Gasteiger partial charge in [0.1, 0.15) is 0 Å². The van der Waals surface area contributed by atoms with E-state index in [-0.39, 0.29) is 17.3 Å². The zero-order chi connectivity index (χ0) is 21.1. The van der Waals surface area contributed by atoms with Gasteiger partial charge < -0.3 is 9.88 Å². The number of carbonyl (C=O) groups excluding carboxylic acids is 1. The minimum absolute atomic E-state index is 0.0157. The minimum atomic E-state index is -0.454. The van der Waals surface area contributed by atoms with Gasteiger partial charge in [0.25, 0.3) is 5.69 Å². The highest BCUT2D eigenvalue weighted by molar-refractivity contribution is 9.10. The fourth-order valence-electron chi connectivity index (χ4n) is 2.64. The number of halogens is 1. The van der Waals surface area contributed by atoms with E-state index in [4.69, 9.17) is 0 Å². The smallest absolute Gasteiger partial charge is 0.270 e. The third kappa shape index (κ3) is 4.83. The quantitative estimate of drug-likeness (QED) is 0.319. The number of rotatable bonds is 6. The summed E-state index contributed by atoms with van der Waals surface area (Å²) in [6, 6.07) is 10.1. The van der Waals surface area contributed by atoms with Crippen molar-refractivity contribution < 1.29 is 9.72 Å². The summed E-state index contributed by atoms with van der Waals surface area (Å²) < 4.78 is 2.54. The molecule has 0 saturated heterocycles. The first kappa shape index (κ1) is 21.0. The topological polar surface area (TPSA) is 103 Å². The first-order chi connectivity index (χ1) is 13.8. The summed E-state index contributed by atoms with van der Waals surface area (Å²) in [6.45, 7) is 4.00. The van der Waals surface area contributed by atoms with Crippen LogP contribution >= 0.6 is 27.7 Å². The molecule has 1 amide bonds. The molecule has 0 aliphatic carbocycles. The predicted octanol–water partition coefficient (Wildman–Crippen LogP) is 4.50. The normalized spacial score (nSPS) is 10.8. The molecule has 0 spiro atoms. The first-order valence-corrected chi connectivity index (χ1v) is 10.4. The maximum Gasteiger partial charge on any atom is 0.270 e. The highest BCUT2D eigenvalue weighted by Crippen LogP contribution is 2.28. The number of thioether (sulfide) groups is 1. The second kappa shape index (κ2) is 8.75. The molecule has 0 radical (unpaired) electrons. The molecule has 0 aliphatic rings. The molecule has 150 valence electrons. The van der Waals surface area contributed by atoms with E-state index in [0.717, 1.165) is 15.6 Å². The van der Waals surface area contributed by atoms with Gasteiger partial charge in [-0.2, -0.15) is 0 Å². The monoisotopic (exact) mass is 475 g/mol. The number of nitrogens with one attached hydrogen (secondary N) is 1. The van der Waals surface area contributed by atoms with Crippen LogP contribution in [0.25, 0.3) is 11.4 Å². The lowest BCUT2D eigenvalue weighted by atomic mass is 10.1. The van der Waals surface area contributed by atoms with Gasteiger partial charge in [-0.15, -0.1) is 10.2 Å². The summed E-state index contributed by atoms with van der Waals surface area (Å²) in [5, 5.41) is 22.6. The van der Waals surface area contributed by atoms with Crippen LogP contribution in [0, 0.1) is 24.0 Å². The van der Waals surface area contributed by atoms with Gasteiger partial charge in [-0.1, -0.05) is 23.9 Å². The number of anilines is 1. The molecule has 1 N–H and O–H groups in total. The molecule has 1 aromatic heterocycles. The van der Waals surface area contributed by atoms with Crippen LogP contribution in [0.3, 0.4) is 0 Å². The fraction of sp³-hybridized carbons (Fsp3) is 0.211. The molecule has 0 atom stereocenters. The van der Waals surface area contributed by atoms with Gasteiger partial charge in [-0.3, -0.25) is 14.9 Å². The van der Waals surface area contributed by atoms with E-state index < -0.39 is 4.92 Å². The Kier molecular flexibility index (Phi) is 6.33. The molecule has 0 bridgehead atoms. The summed E-state index contributed by atoms with van der Waals surface area (Å²) in [7, 11) is 1.76. The van der Waals surface area contributed by atoms with Gasteiger partial charge in [0, 0.05) is 29.2 Å². The van der Waals surface area contributed by atoms with Gasteiger partial charge in [-0.25, -0.2) is 0 Å². The number of nitrogens with zero attached hydrogens (tertiary/aromatic N) is 4. The van der Waals surface area contributed by atoms with Crippen LogP contribution in [0.2, 0.25) is 0 Å². The number of nitro benzene ring substituents is 1. The number of nitro groups is 1. The van der Waals surface area contributed by atoms with E-state index in [1.54, 1.807) is 23.7 Å². The zero-order valence-corrected chi connectivity index (χ0v) is 18.4. The van der Waals surface area contributed by atoms with Crippen molar-refractivity contribution in [2.45, 2.75) is 19.0 Å². The van der Waals surface area contributed by atoms with Crippen LogP contribution in [-0.4, -0.2) is 31.3 Å². The molecule has 1 heterocycles. The van der Waals surface area contributed by atoms with Crippen molar-refractivity contribution >= 4 is 45.0 Å². The van der Waals surface area contributed by atoms with Crippen molar-refractivity contribution in [1.82, 2.24) is 14.8 Å². The number of benzene rings is 2. The molecule has 3 aromatic rings. The van der Waals surface area contributed by atoms with Crippen LogP contribution in [0.4, 0.5) is 11.4 Å². The van der Waals surface area contributed by atoms with E-state index in [9.17, 15) is 14.9 Å². The molecule has 0 unspecified atom stereocenters.